The average Bonchev–Trinajstić information content (AvgIpc) is 3.36. The number of aryl methyl sites for hydroxylation is 2. The van der Waals surface area contributed by atoms with Crippen LogP contribution in [-0.2, 0) is 6.42 Å². The van der Waals surface area contributed by atoms with E-state index in [0.717, 1.165) is 37.5 Å². The largest absolute Gasteiger partial charge is 0.361 e. The van der Waals surface area contributed by atoms with E-state index in [9.17, 15) is 0 Å². The molecule has 0 radical (unpaired) electrons. The summed E-state index contributed by atoms with van der Waals surface area (Å²) >= 11 is 0. The van der Waals surface area contributed by atoms with Gasteiger partial charge in [0.2, 0.25) is 0 Å². The maximum atomic E-state index is 5.56. The van der Waals surface area contributed by atoms with E-state index in [1.54, 1.807) is 0 Å². The summed E-state index contributed by atoms with van der Waals surface area (Å²) in [6, 6.07) is 11.6. The molecule has 134 valence electrons. The van der Waals surface area contributed by atoms with Gasteiger partial charge in [-0.2, -0.15) is 0 Å². The number of likely N-dealkylation sites (tertiary alicyclic amines) is 1. The molecule has 0 aliphatic carbocycles. The highest BCUT2D eigenvalue weighted by molar-refractivity contribution is 5.27. The van der Waals surface area contributed by atoms with Crippen molar-refractivity contribution < 1.29 is 4.52 Å². The molecule has 0 saturated carbocycles. The predicted molar refractivity (Wildman–Crippen MR) is 98.0 cm³/mol. The van der Waals surface area contributed by atoms with Gasteiger partial charge < -0.3 is 4.52 Å². The Kier molecular flexibility index (Phi) is 4.88. The Morgan fingerprint density at radius 3 is 2.92 bits per heavy atom. The Morgan fingerprint density at radius 2 is 2.12 bits per heavy atom. The molecule has 4 rings (SSSR count). The molecule has 2 N–H and O–H groups in total. The Labute approximate surface area is 149 Å². The molecule has 2 aromatic rings. The van der Waals surface area contributed by atoms with E-state index >= 15 is 0 Å². The lowest BCUT2D eigenvalue weighted by Crippen LogP contribution is -2.33. The number of benzene rings is 1. The molecule has 2 aliphatic heterocycles. The summed E-state index contributed by atoms with van der Waals surface area (Å²) in [6.07, 6.45) is 3.38. The van der Waals surface area contributed by atoms with Crippen molar-refractivity contribution >= 4 is 0 Å². The van der Waals surface area contributed by atoms with Crippen LogP contribution in [0.25, 0.3) is 0 Å². The zero-order chi connectivity index (χ0) is 17.2. The Hall–Kier alpha value is -1.69. The van der Waals surface area contributed by atoms with E-state index in [0.29, 0.717) is 18.0 Å². The van der Waals surface area contributed by atoms with E-state index in [2.05, 4.69) is 65.1 Å². The zero-order valence-corrected chi connectivity index (χ0v) is 15.2. The molecule has 3 unspecified atom stereocenters. The van der Waals surface area contributed by atoms with E-state index in [-0.39, 0.29) is 0 Å². The van der Waals surface area contributed by atoms with Gasteiger partial charge in [-0.15, -0.1) is 0 Å². The number of hydrogen-bond donors (Lipinski definition) is 2. The summed E-state index contributed by atoms with van der Waals surface area (Å²) in [4.78, 5) is 2.65. The first-order chi connectivity index (χ1) is 12.3. The number of hydrazine groups is 1. The van der Waals surface area contributed by atoms with Gasteiger partial charge in [0.1, 0.15) is 5.76 Å². The quantitative estimate of drug-likeness (QED) is 0.876. The summed E-state index contributed by atoms with van der Waals surface area (Å²) < 4.78 is 5.56. The standard InChI is InChI=1S/C20H28N4O/c1-3-18-19(14(2)23-25-18)17-10-7-11-24(17)13-16-12-21-22-20(16)15-8-5-4-6-9-15/h4-6,8-9,16-17,20-22H,3,7,10-13H2,1-2H3. The first-order valence-electron chi connectivity index (χ1n) is 9.50. The number of rotatable bonds is 5. The molecule has 2 saturated heterocycles. The van der Waals surface area contributed by atoms with E-state index in [1.807, 2.05) is 0 Å². The predicted octanol–water partition coefficient (Wildman–Crippen LogP) is 3.15. The minimum atomic E-state index is 0.372. The average molecular weight is 340 g/mol. The number of hydrogen-bond acceptors (Lipinski definition) is 5. The molecule has 2 aliphatic rings. The molecule has 1 aromatic heterocycles. The van der Waals surface area contributed by atoms with Gasteiger partial charge in [0.05, 0.1) is 11.7 Å². The second kappa shape index (κ2) is 7.28. The summed E-state index contributed by atoms with van der Waals surface area (Å²) in [7, 11) is 0. The first-order valence-corrected chi connectivity index (χ1v) is 9.50. The Balaban J connectivity index is 1.52. The van der Waals surface area contributed by atoms with Crippen molar-refractivity contribution in [2.24, 2.45) is 5.92 Å². The van der Waals surface area contributed by atoms with Gasteiger partial charge >= 0.3 is 0 Å². The van der Waals surface area contributed by atoms with E-state index in [4.69, 9.17) is 4.52 Å². The van der Waals surface area contributed by atoms with Crippen LogP contribution in [0.3, 0.4) is 0 Å². The molecule has 5 nitrogen and oxygen atoms in total. The molecule has 2 fully saturated rings. The Morgan fingerprint density at radius 1 is 1.28 bits per heavy atom. The van der Waals surface area contributed by atoms with Gasteiger partial charge in [-0.05, 0) is 31.9 Å². The molecular formula is C20H28N4O. The van der Waals surface area contributed by atoms with Crippen LogP contribution in [0, 0.1) is 12.8 Å². The molecule has 0 bridgehead atoms. The van der Waals surface area contributed by atoms with Crippen LogP contribution in [0.5, 0.6) is 0 Å². The lowest BCUT2D eigenvalue weighted by atomic mass is 9.93. The highest BCUT2D eigenvalue weighted by atomic mass is 16.5. The number of nitrogens with one attached hydrogen (secondary N) is 2. The normalized spacial score (nSPS) is 27.2. The van der Waals surface area contributed by atoms with Crippen molar-refractivity contribution in [3.8, 4) is 0 Å². The molecule has 5 heteroatoms. The Bertz CT molecular complexity index is 699. The number of nitrogens with zero attached hydrogens (tertiary/aromatic N) is 2. The minimum Gasteiger partial charge on any atom is -0.361 e. The molecule has 0 spiro atoms. The van der Waals surface area contributed by atoms with Gasteiger partial charge in [-0.25, -0.2) is 5.43 Å². The topological polar surface area (TPSA) is 53.3 Å². The molecule has 0 amide bonds. The fraction of sp³-hybridized carbons (Fsp3) is 0.550. The second-order valence-corrected chi connectivity index (χ2v) is 7.29. The molecule has 1 aromatic carbocycles. The van der Waals surface area contributed by atoms with Crippen LogP contribution >= 0.6 is 0 Å². The van der Waals surface area contributed by atoms with Crippen molar-refractivity contribution in [1.82, 2.24) is 20.9 Å². The third kappa shape index (κ3) is 3.24. The summed E-state index contributed by atoms with van der Waals surface area (Å²) in [6.45, 7) is 7.50. The monoisotopic (exact) mass is 340 g/mol. The van der Waals surface area contributed by atoms with Crippen LogP contribution in [0.2, 0.25) is 0 Å². The molecular weight excluding hydrogens is 312 g/mol. The summed E-state index contributed by atoms with van der Waals surface area (Å²) in [5.74, 6) is 1.63. The molecule has 3 heterocycles. The van der Waals surface area contributed by atoms with Crippen molar-refractivity contribution in [3.05, 3.63) is 52.9 Å². The van der Waals surface area contributed by atoms with Crippen LogP contribution < -0.4 is 10.9 Å². The lowest BCUT2D eigenvalue weighted by molar-refractivity contribution is 0.209. The molecule has 3 atom stereocenters. The van der Waals surface area contributed by atoms with Gasteiger partial charge in [0, 0.05) is 37.0 Å². The minimum absolute atomic E-state index is 0.372. The van der Waals surface area contributed by atoms with Crippen molar-refractivity contribution in [2.45, 2.75) is 45.2 Å². The maximum Gasteiger partial charge on any atom is 0.141 e. The van der Waals surface area contributed by atoms with Crippen LogP contribution in [0.1, 0.15) is 54.4 Å². The third-order valence-electron chi connectivity index (χ3n) is 5.72. The van der Waals surface area contributed by atoms with Crippen molar-refractivity contribution in [2.75, 3.05) is 19.6 Å². The van der Waals surface area contributed by atoms with Gasteiger partial charge in [0.15, 0.2) is 0 Å². The smallest absolute Gasteiger partial charge is 0.141 e. The van der Waals surface area contributed by atoms with Gasteiger partial charge in [-0.3, -0.25) is 10.3 Å². The van der Waals surface area contributed by atoms with E-state index in [1.165, 1.54) is 24.0 Å². The van der Waals surface area contributed by atoms with Gasteiger partial charge in [0.25, 0.3) is 0 Å². The maximum absolute atomic E-state index is 5.56. The lowest BCUT2D eigenvalue weighted by Gasteiger charge is -2.29. The second-order valence-electron chi connectivity index (χ2n) is 7.29. The van der Waals surface area contributed by atoms with Gasteiger partial charge in [-0.1, -0.05) is 42.4 Å². The molecule has 25 heavy (non-hydrogen) atoms. The number of aromatic nitrogens is 1. The summed E-state index contributed by atoms with van der Waals surface area (Å²) in [5, 5.41) is 4.23. The highest BCUT2D eigenvalue weighted by Crippen LogP contribution is 2.38. The fourth-order valence-corrected chi connectivity index (χ4v) is 4.50. The fourth-order valence-electron chi connectivity index (χ4n) is 4.50. The van der Waals surface area contributed by atoms with Crippen LogP contribution in [-0.4, -0.2) is 29.7 Å². The zero-order valence-electron chi connectivity index (χ0n) is 15.2. The van der Waals surface area contributed by atoms with E-state index < -0.39 is 0 Å². The third-order valence-corrected chi connectivity index (χ3v) is 5.72. The first kappa shape index (κ1) is 16.8. The van der Waals surface area contributed by atoms with Crippen molar-refractivity contribution in [1.29, 1.82) is 0 Å². The van der Waals surface area contributed by atoms with Crippen molar-refractivity contribution in [3.63, 3.8) is 0 Å². The SMILES string of the molecule is CCc1onc(C)c1C1CCCN1CC1CNNC1c1ccccc1. The summed E-state index contributed by atoms with van der Waals surface area (Å²) in [5.41, 5.74) is 10.6. The highest BCUT2D eigenvalue weighted by Gasteiger charge is 2.36. The van der Waals surface area contributed by atoms with Crippen LogP contribution in [0.4, 0.5) is 0 Å². The van der Waals surface area contributed by atoms with Crippen LogP contribution in [0.15, 0.2) is 34.9 Å².